The summed E-state index contributed by atoms with van der Waals surface area (Å²) in [5.74, 6) is -0.293. The first-order chi connectivity index (χ1) is 13.9. The zero-order valence-electron chi connectivity index (χ0n) is 15.9. The number of methoxy groups -OCH3 is 1. The molecule has 0 saturated heterocycles. The summed E-state index contributed by atoms with van der Waals surface area (Å²) in [6.45, 7) is -0.212. The van der Waals surface area contributed by atoms with E-state index in [2.05, 4.69) is 10.6 Å². The Morgan fingerprint density at radius 2 is 1.93 bits per heavy atom. The number of fused-ring (bicyclic) bond motifs is 1. The highest BCUT2D eigenvalue weighted by molar-refractivity contribution is 6.30. The van der Waals surface area contributed by atoms with Crippen LogP contribution < -0.4 is 15.4 Å². The Bertz CT molecular complexity index is 914. The molecule has 1 atom stereocenters. The Balaban J connectivity index is 1.61. The van der Waals surface area contributed by atoms with Crippen LogP contribution in [0.1, 0.15) is 30.0 Å². The normalized spacial score (nSPS) is 13.7. The zero-order valence-corrected chi connectivity index (χ0v) is 16.6. The molecule has 8 heteroatoms. The Morgan fingerprint density at radius 3 is 2.66 bits per heavy atom. The van der Waals surface area contributed by atoms with E-state index in [1.807, 2.05) is 6.07 Å². The van der Waals surface area contributed by atoms with E-state index in [9.17, 15) is 14.4 Å². The third-order valence-electron chi connectivity index (χ3n) is 4.55. The van der Waals surface area contributed by atoms with Crippen molar-refractivity contribution in [2.75, 3.05) is 19.0 Å². The lowest BCUT2D eigenvalue weighted by Gasteiger charge is -2.19. The van der Waals surface area contributed by atoms with Crippen LogP contribution in [0, 0.1) is 0 Å². The van der Waals surface area contributed by atoms with Gasteiger partial charge in [-0.05, 0) is 47.9 Å². The second kappa shape index (κ2) is 9.43. The Kier molecular flexibility index (Phi) is 6.72. The fourth-order valence-corrected chi connectivity index (χ4v) is 3.16. The number of halogens is 1. The van der Waals surface area contributed by atoms with Crippen molar-refractivity contribution in [3.05, 3.63) is 58.6 Å². The molecule has 0 aromatic heterocycles. The second-order valence-corrected chi connectivity index (χ2v) is 7.04. The number of ether oxygens (including phenoxy) is 2. The van der Waals surface area contributed by atoms with Crippen molar-refractivity contribution in [1.82, 2.24) is 5.32 Å². The van der Waals surface area contributed by atoms with Gasteiger partial charge in [-0.2, -0.15) is 0 Å². The van der Waals surface area contributed by atoms with Gasteiger partial charge in [0.2, 0.25) is 5.91 Å². The van der Waals surface area contributed by atoms with E-state index in [1.54, 1.807) is 36.4 Å². The number of nitrogens with one attached hydrogen (secondary N) is 2. The molecule has 0 fully saturated rings. The molecule has 2 aromatic rings. The van der Waals surface area contributed by atoms with Crippen molar-refractivity contribution in [3.8, 4) is 5.75 Å². The number of rotatable bonds is 7. The molecule has 7 nitrogen and oxygen atoms in total. The number of carbonyl (C=O) groups is 3. The Hall–Kier alpha value is -3.06. The number of amides is 2. The lowest BCUT2D eigenvalue weighted by atomic mass is 10.0. The fraction of sp³-hybridized carbons (Fsp3) is 0.286. The van der Waals surface area contributed by atoms with Crippen LogP contribution in [0.3, 0.4) is 0 Å². The van der Waals surface area contributed by atoms with Crippen LogP contribution in [-0.2, 0) is 25.5 Å². The minimum atomic E-state index is -0.561. The quantitative estimate of drug-likeness (QED) is 0.677. The van der Waals surface area contributed by atoms with Gasteiger partial charge in [-0.1, -0.05) is 23.7 Å². The summed E-state index contributed by atoms with van der Waals surface area (Å²) in [6, 6.07) is 11.6. The van der Waals surface area contributed by atoms with Gasteiger partial charge in [0, 0.05) is 17.1 Å². The van der Waals surface area contributed by atoms with Crippen molar-refractivity contribution in [3.63, 3.8) is 0 Å². The molecule has 2 amide bonds. The standard InChI is InChI=1S/C21H21ClN2O5/c1-28-21(27)11-18(13-2-5-15(22)6-3-13)24-20(26)12-29-16-7-8-17-14(10-16)4-9-19(25)23-17/h2-3,5-8,10,18H,4,9,11-12H2,1H3,(H,23,25)(H,24,26)/t18-/m1/s1. The number of benzene rings is 2. The number of anilines is 1. The summed E-state index contributed by atoms with van der Waals surface area (Å²) in [5.41, 5.74) is 2.46. The van der Waals surface area contributed by atoms with E-state index in [4.69, 9.17) is 21.1 Å². The highest BCUT2D eigenvalue weighted by Crippen LogP contribution is 2.27. The first-order valence-electron chi connectivity index (χ1n) is 9.12. The molecule has 29 heavy (non-hydrogen) atoms. The minimum Gasteiger partial charge on any atom is -0.484 e. The van der Waals surface area contributed by atoms with Crippen LogP contribution in [0.4, 0.5) is 5.69 Å². The number of hydrogen-bond donors (Lipinski definition) is 2. The SMILES string of the molecule is COC(=O)C[C@@H](NC(=O)COc1ccc2c(c1)CCC(=O)N2)c1ccc(Cl)cc1. The number of carbonyl (C=O) groups excluding carboxylic acids is 3. The molecule has 1 heterocycles. The van der Waals surface area contributed by atoms with Gasteiger partial charge in [-0.3, -0.25) is 14.4 Å². The maximum atomic E-state index is 12.4. The highest BCUT2D eigenvalue weighted by atomic mass is 35.5. The molecule has 0 aliphatic carbocycles. The summed E-state index contributed by atoms with van der Waals surface area (Å²) in [6.07, 6.45) is 1.04. The maximum absolute atomic E-state index is 12.4. The second-order valence-electron chi connectivity index (χ2n) is 6.61. The topological polar surface area (TPSA) is 93.7 Å². The molecule has 0 bridgehead atoms. The average Bonchev–Trinajstić information content (AvgIpc) is 2.72. The van der Waals surface area contributed by atoms with E-state index in [-0.39, 0.29) is 24.8 Å². The van der Waals surface area contributed by atoms with Crippen LogP contribution in [0.25, 0.3) is 0 Å². The Morgan fingerprint density at radius 1 is 1.17 bits per heavy atom. The van der Waals surface area contributed by atoms with E-state index >= 15 is 0 Å². The molecule has 2 aromatic carbocycles. The number of aryl methyl sites for hydroxylation is 1. The van der Waals surface area contributed by atoms with Crippen LogP contribution in [0.2, 0.25) is 5.02 Å². The van der Waals surface area contributed by atoms with E-state index < -0.39 is 12.0 Å². The lowest BCUT2D eigenvalue weighted by molar-refractivity contribution is -0.141. The number of hydrogen-bond acceptors (Lipinski definition) is 5. The molecule has 1 aliphatic heterocycles. The van der Waals surface area contributed by atoms with Crippen LogP contribution in [0.15, 0.2) is 42.5 Å². The van der Waals surface area contributed by atoms with Gasteiger partial charge in [0.05, 0.1) is 19.6 Å². The lowest BCUT2D eigenvalue weighted by Crippen LogP contribution is -2.34. The molecule has 3 rings (SSSR count). The third kappa shape index (κ3) is 5.71. The molecule has 0 unspecified atom stereocenters. The summed E-state index contributed by atoms with van der Waals surface area (Å²) in [4.78, 5) is 35.5. The average molecular weight is 417 g/mol. The fourth-order valence-electron chi connectivity index (χ4n) is 3.03. The highest BCUT2D eigenvalue weighted by Gasteiger charge is 2.20. The molecular weight excluding hydrogens is 396 g/mol. The maximum Gasteiger partial charge on any atom is 0.307 e. The van der Waals surface area contributed by atoms with Crippen LogP contribution >= 0.6 is 11.6 Å². The van der Waals surface area contributed by atoms with E-state index in [0.29, 0.717) is 23.6 Å². The van der Waals surface area contributed by atoms with Gasteiger partial charge in [0.15, 0.2) is 6.61 Å². The zero-order chi connectivity index (χ0) is 20.8. The van der Waals surface area contributed by atoms with Gasteiger partial charge < -0.3 is 20.1 Å². The predicted molar refractivity (Wildman–Crippen MR) is 108 cm³/mol. The summed E-state index contributed by atoms with van der Waals surface area (Å²) in [7, 11) is 1.30. The van der Waals surface area contributed by atoms with Gasteiger partial charge in [-0.15, -0.1) is 0 Å². The van der Waals surface area contributed by atoms with Gasteiger partial charge in [0.1, 0.15) is 5.75 Å². The molecular formula is C21H21ClN2O5. The molecule has 0 saturated carbocycles. The van der Waals surface area contributed by atoms with E-state index in [1.165, 1.54) is 7.11 Å². The summed E-state index contributed by atoms with van der Waals surface area (Å²) in [5, 5.41) is 6.15. The Labute approximate surface area is 173 Å². The monoisotopic (exact) mass is 416 g/mol. The molecule has 0 radical (unpaired) electrons. The number of esters is 1. The first kappa shape index (κ1) is 20.7. The molecule has 152 valence electrons. The van der Waals surface area contributed by atoms with Crippen molar-refractivity contribution in [2.24, 2.45) is 0 Å². The molecule has 0 spiro atoms. The van der Waals surface area contributed by atoms with Gasteiger partial charge in [-0.25, -0.2) is 0 Å². The first-order valence-corrected chi connectivity index (χ1v) is 9.49. The van der Waals surface area contributed by atoms with Gasteiger partial charge >= 0.3 is 5.97 Å². The van der Waals surface area contributed by atoms with Crippen molar-refractivity contribution < 1.29 is 23.9 Å². The molecule has 2 N–H and O–H groups in total. The molecule has 1 aliphatic rings. The largest absolute Gasteiger partial charge is 0.484 e. The van der Waals surface area contributed by atoms with Gasteiger partial charge in [0.25, 0.3) is 5.91 Å². The van der Waals surface area contributed by atoms with Crippen molar-refractivity contribution in [2.45, 2.75) is 25.3 Å². The minimum absolute atomic E-state index is 0.00982. The predicted octanol–water partition coefficient (Wildman–Crippen LogP) is 3.02. The van der Waals surface area contributed by atoms with Crippen LogP contribution in [-0.4, -0.2) is 31.5 Å². The summed E-state index contributed by atoms with van der Waals surface area (Å²) >= 11 is 5.91. The smallest absolute Gasteiger partial charge is 0.307 e. The van der Waals surface area contributed by atoms with E-state index in [0.717, 1.165) is 16.8 Å². The summed E-state index contributed by atoms with van der Waals surface area (Å²) < 4.78 is 10.3. The third-order valence-corrected chi connectivity index (χ3v) is 4.80. The van der Waals surface area contributed by atoms with Crippen molar-refractivity contribution in [1.29, 1.82) is 0 Å². The van der Waals surface area contributed by atoms with Crippen molar-refractivity contribution >= 4 is 35.1 Å². The van der Waals surface area contributed by atoms with Crippen LogP contribution in [0.5, 0.6) is 5.75 Å².